The van der Waals surface area contributed by atoms with Gasteiger partial charge in [-0.25, -0.2) is 0 Å². The lowest BCUT2D eigenvalue weighted by Gasteiger charge is -2.25. The third kappa shape index (κ3) is 47.7. The SMILES string of the molecule is N[C@@H](CCCCNC(=O)COCCOCCNC(=O)COCCOCCNC(=O)[C@H](CCC(=O)O)NC(=O)[C@H](CCC(=O)O)NC(=O)[C@H](CCC(=O)O)NC(=O)CCCCCCCCCCCCCCCCCCC(=O)O)C(=O)I. The van der Waals surface area contributed by atoms with Gasteiger partial charge in [0.15, 0.2) is 0 Å². The van der Waals surface area contributed by atoms with Crippen molar-refractivity contribution in [2.75, 3.05) is 72.5 Å². The van der Waals surface area contributed by atoms with Crippen LogP contribution in [0.25, 0.3) is 0 Å². The summed E-state index contributed by atoms with van der Waals surface area (Å²) in [6, 6.07) is -4.91. The molecule has 0 rings (SSSR count). The molecule has 0 fully saturated rings. The number of carboxylic acids is 4. The van der Waals surface area contributed by atoms with Crippen molar-refractivity contribution >= 4 is 85.7 Å². The standard InChI is InChI=1S/C53H92IN7O19/c54-50(73)39(55)19-17-18-28-56-44(63)37-79-35-33-77-31-29-57-45(64)38-80-36-34-78-32-30-58-51(74)40(22-25-47(67)68)60-53(76)42(24-27-49(71)72)61-52(75)41(23-26-48(69)70)59-43(62)20-15-13-11-9-7-5-3-1-2-4-6-8-10-12-14-16-21-46(65)66/h39-42H,1-38,55H2,(H,56,63)(H,57,64)(H,58,74)(H,59,62)(H,60,76)(H,61,75)(H,65,66)(H,67,68)(H,69,70)(H,71,72)/t39-,40-,41-,42-/m0/s1. The molecule has 0 saturated carbocycles. The molecule has 0 aliphatic heterocycles. The van der Waals surface area contributed by atoms with Crippen LogP contribution in [0.15, 0.2) is 0 Å². The van der Waals surface area contributed by atoms with Gasteiger partial charge in [-0.2, -0.15) is 0 Å². The highest BCUT2D eigenvalue weighted by Gasteiger charge is 2.31. The molecule has 12 N–H and O–H groups in total. The summed E-state index contributed by atoms with van der Waals surface area (Å²) >= 11 is 1.66. The van der Waals surface area contributed by atoms with Crippen LogP contribution >= 0.6 is 22.6 Å². The summed E-state index contributed by atoms with van der Waals surface area (Å²) in [7, 11) is 0. The number of ether oxygens (including phenoxy) is 4. The fourth-order valence-corrected chi connectivity index (χ4v) is 8.10. The minimum absolute atomic E-state index is 0.0181. The molecule has 0 saturated heterocycles. The molecule has 0 aromatic rings. The van der Waals surface area contributed by atoms with E-state index in [-0.39, 0.29) is 101 Å². The van der Waals surface area contributed by atoms with Crippen LogP contribution in [0.5, 0.6) is 0 Å². The summed E-state index contributed by atoms with van der Waals surface area (Å²) in [4.78, 5) is 133. The lowest BCUT2D eigenvalue weighted by molar-refractivity contribution is -0.140. The Morgan fingerprint density at radius 3 is 1.11 bits per heavy atom. The molecule has 0 bridgehead atoms. The van der Waals surface area contributed by atoms with E-state index in [1.54, 1.807) is 22.6 Å². The number of carbonyl (C=O) groups is 11. The molecular weight excluding hydrogens is 1170 g/mol. The van der Waals surface area contributed by atoms with Crippen LogP contribution in [-0.2, 0) is 71.7 Å². The van der Waals surface area contributed by atoms with Crippen LogP contribution in [0, 0.1) is 0 Å². The fraction of sp³-hybridized carbons (Fsp3) is 0.792. The van der Waals surface area contributed by atoms with Crippen LogP contribution in [0.4, 0.5) is 0 Å². The molecule has 26 nitrogen and oxygen atoms in total. The van der Waals surface area contributed by atoms with E-state index in [1.807, 2.05) is 0 Å². The number of carbonyl (C=O) groups excluding carboxylic acids is 7. The second-order valence-electron chi connectivity index (χ2n) is 19.3. The number of unbranched alkanes of at least 4 members (excludes halogenated alkanes) is 16. The van der Waals surface area contributed by atoms with Crippen molar-refractivity contribution in [3.05, 3.63) is 0 Å². The highest BCUT2D eigenvalue weighted by molar-refractivity contribution is 14.1. The highest BCUT2D eigenvalue weighted by Crippen LogP contribution is 2.15. The van der Waals surface area contributed by atoms with Gasteiger partial charge >= 0.3 is 23.9 Å². The molecule has 0 aliphatic rings. The number of halogens is 1. The van der Waals surface area contributed by atoms with E-state index in [1.165, 1.54) is 32.1 Å². The van der Waals surface area contributed by atoms with Crippen molar-refractivity contribution in [1.29, 1.82) is 0 Å². The van der Waals surface area contributed by atoms with Crippen molar-refractivity contribution < 1.29 is 92.1 Å². The molecule has 0 aromatic carbocycles. The van der Waals surface area contributed by atoms with Crippen molar-refractivity contribution in [3.63, 3.8) is 0 Å². The van der Waals surface area contributed by atoms with Gasteiger partial charge in [-0.1, -0.05) is 89.9 Å². The fourth-order valence-electron chi connectivity index (χ4n) is 7.79. The molecule has 0 spiro atoms. The molecule has 27 heteroatoms. The van der Waals surface area contributed by atoms with Crippen molar-refractivity contribution in [1.82, 2.24) is 31.9 Å². The molecule has 80 heavy (non-hydrogen) atoms. The van der Waals surface area contributed by atoms with E-state index in [2.05, 4.69) is 31.9 Å². The van der Waals surface area contributed by atoms with E-state index in [9.17, 15) is 68.1 Å². The molecule has 0 aromatic heterocycles. The Morgan fingerprint density at radius 2 is 0.700 bits per heavy atom. The quantitative estimate of drug-likeness (QED) is 0.0237. The monoisotopic (exact) mass is 1260 g/mol. The number of aliphatic carboxylic acids is 4. The summed E-state index contributed by atoms with van der Waals surface area (Å²) in [5.41, 5.74) is 5.67. The van der Waals surface area contributed by atoms with Crippen LogP contribution in [0.2, 0.25) is 0 Å². The minimum Gasteiger partial charge on any atom is -0.481 e. The second-order valence-corrected chi connectivity index (χ2v) is 20.4. The van der Waals surface area contributed by atoms with E-state index >= 15 is 0 Å². The van der Waals surface area contributed by atoms with Gasteiger partial charge < -0.3 is 77.0 Å². The topological polar surface area (TPSA) is 404 Å². The maximum absolute atomic E-state index is 13.5. The summed E-state index contributed by atoms with van der Waals surface area (Å²) < 4.78 is 21.2. The number of carboxylic acid groups (broad SMARTS) is 4. The van der Waals surface area contributed by atoms with Gasteiger partial charge in [0.05, 0.1) is 45.7 Å². The molecule has 0 aliphatic carbocycles. The Morgan fingerprint density at radius 1 is 0.350 bits per heavy atom. The number of nitrogens with two attached hydrogens (primary N) is 1. The Kier molecular flexibility index (Phi) is 47.6. The molecule has 0 unspecified atom stereocenters. The zero-order chi connectivity index (χ0) is 59.6. The first-order chi connectivity index (χ1) is 38.3. The van der Waals surface area contributed by atoms with Gasteiger partial charge in [0.1, 0.15) is 31.3 Å². The highest BCUT2D eigenvalue weighted by atomic mass is 127. The van der Waals surface area contributed by atoms with Gasteiger partial charge in [-0.15, -0.1) is 0 Å². The molecule has 6 amide bonds. The average molecular weight is 1260 g/mol. The number of hydrogen-bond acceptors (Lipinski definition) is 16. The smallest absolute Gasteiger partial charge is 0.303 e. The zero-order valence-electron chi connectivity index (χ0n) is 46.5. The first-order valence-corrected chi connectivity index (χ1v) is 29.2. The summed E-state index contributed by atoms with van der Waals surface area (Å²) in [6.45, 7) is 0.689. The normalized spacial score (nSPS) is 12.5. The zero-order valence-corrected chi connectivity index (χ0v) is 48.7. The summed E-state index contributed by atoms with van der Waals surface area (Å²) in [5, 5.41) is 51.9. The third-order valence-corrected chi connectivity index (χ3v) is 13.1. The van der Waals surface area contributed by atoms with Crippen LogP contribution < -0.4 is 37.6 Å². The predicted molar refractivity (Wildman–Crippen MR) is 300 cm³/mol. The van der Waals surface area contributed by atoms with Crippen molar-refractivity contribution in [3.8, 4) is 0 Å². The van der Waals surface area contributed by atoms with Crippen LogP contribution in [0.1, 0.15) is 173 Å². The van der Waals surface area contributed by atoms with E-state index in [4.69, 9.17) is 29.8 Å². The second kappa shape index (κ2) is 50.8. The van der Waals surface area contributed by atoms with Gasteiger partial charge in [0, 0.05) is 74.3 Å². The Bertz CT molecular complexity index is 1820. The molecule has 0 heterocycles. The first-order valence-electron chi connectivity index (χ1n) is 28.2. The van der Waals surface area contributed by atoms with E-state index < -0.39 is 103 Å². The van der Waals surface area contributed by atoms with Crippen molar-refractivity contribution in [2.24, 2.45) is 5.73 Å². The Hall–Kier alpha value is -5.10. The van der Waals surface area contributed by atoms with E-state index in [0.717, 1.165) is 64.2 Å². The Balaban J connectivity index is 4.70. The van der Waals surface area contributed by atoms with Gasteiger partial charge in [-0.3, -0.25) is 52.7 Å². The maximum Gasteiger partial charge on any atom is 0.303 e. The molecule has 460 valence electrons. The largest absolute Gasteiger partial charge is 0.481 e. The molecule has 0 radical (unpaired) electrons. The van der Waals surface area contributed by atoms with Crippen LogP contribution in [-0.4, -0.2) is 180 Å². The number of amides is 6. The molecule has 4 atom stereocenters. The lowest BCUT2D eigenvalue weighted by atomic mass is 10.0. The lowest BCUT2D eigenvalue weighted by Crippen LogP contribution is -2.57. The van der Waals surface area contributed by atoms with Crippen molar-refractivity contribution in [2.45, 2.75) is 198 Å². The van der Waals surface area contributed by atoms with Gasteiger partial charge in [-0.05, 0) is 51.4 Å². The first kappa shape index (κ1) is 74.9. The summed E-state index contributed by atoms with van der Waals surface area (Å²) in [5.74, 6) is -8.56. The number of nitrogens with one attached hydrogen (secondary N) is 6. The van der Waals surface area contributed by atoms with E-state index in [0.29, 0.717) is 32.2 Å². The Labute approximate surface area is 483 Å². The average Bonchev–Trinajstić information content (AvgIpc) is 3.40. The predicted octanol–water partition coefficient (Wildman–Crippen LogP) is 3.02. The third-order valence-electron chi connectivity index (χ3n) is 12.3. The minimum atomic E-state index is -1.58. The van der Waals surface area contributed by atoms with Gasteiger partial charge in [0.25, 0.3) is 0 Å². The number of rotatable bonds is 56. The summed E-state index contributed by atoms with van der Waals surface area (Å²) in [6.07, 6.45) is 15.9. The van der Waals surface area contributed by atoms with Crippen LogP contribution in [0.3, 0.4) is 0 Å². The maximum atomic E-state index is 13.5. The van der Waals surface area contributed by atoms with Gasteiger partial charge in [0.2, 0.25) is 39.2 Å². The number of hydrogen-bond donors (Lipinski definition) is 11. The molecular formula is C53H92IN7O19.